The third-order valence-electron chi connectivity index (χ3n) is 2.32. The van der Waals surface area contributed by atoms with Gasteiger partial charge in [-0.25, -0.2) is 0 Å². The summed E-state index contributed by atoms with van der Waals surface area (Å²) in [5.74, 6) is 0. The van der Waals surface area contributed by atoms with Gasteiger partial charge in [-0.05, 0) is 0 Å². The van der Waals surface area contributed by atoms with Gasteiger partial charge < -0.3 is 0 Å². The molecular weight excluding hydrogens is 123 g/mol. The van der Waals surface area contributed by atoms with E-state index in [-0.39, 0.29) is 11.1 Å². The van der Waals surface area contributed by atoms with Crippen LogP contribution >= 0.6 is 0 Å². The molecular formula is C8H16BO. The second-order valence-electron chi connectivity index (χ2n) is 3.19. The van der Waals surface area contributed by atoms with E-state index in [0.29, 0.717) is 6.42 Å². The van der Waals surface area contributed by atoms with Crippen LogP contribution in [-0.2, 0) is 0 Å². The molecule has 0 aliphatic carbocycles. The maximum absolute atomic E-state index is 8.84. The third kappa shape index (κ3) is 3.04. The first kappa shape index (κ1) is 9.73. The molecule has 0 aliphatic heterocycles. The Morgan fingerprint density at radius 2 is 1.80 bits per heavy atom. The molecule has 0 spiro atoms. The Kier molecular flexibility index (Phi) is 3.69. The van der Waals surface area contributed by atoms with E-state index in [0.717, 1.165) is 12.8 Å². The first-order valence-corrected chi connectivity index (χ1v) is 3.84. The third-order valence-corrected chi connectivity index (χ3v) is 2.32. The fourth-order valence-corrected chi connectivity index (χ4v) is 0.937. The number of hydrogen-bond donors (Lipinski definition) is 1. The van der Waals surface area contributed by atoms with Crippen LogP contribution in [0.2, 0.25) is 0 Å². The normalized spacial score (nSPS) is 11.4. The Hall–Kier alpha value is -0.265. The van der Waals surface area contributed by atoms with Gasteiger partial charge in [0.25, 0.3) is 0 Å². The molecule has 0 rings (SSSR count). The molecule has 10 heavy (non-hydrogen) atoms. The van der Waals surface area contributed by atoms with Crippen molar-refractivity contribution in [3.05, 3.63) is 0 Å². The molecule has 0 atom stereocenters. The molecule has 0 aromatic carbocycles. The van der Waals surface area contributed by atoms with Crippen LogP contribution in [0.4, 0.5) is 0 Å². The molecule has 1 N–H and O–H groups in total. The Labute approximate surface area is 64.5 Å². The van der Waals surface area contributed by atoms with E-state index in [1.54, 1.807) is 0 Å². The first-order valence-electron chi connectivity index (χ1n) is 3.84. The topological polar surface area (TPSA) is 20.2 Å². The maximum atomic E-state index is 8.84. The molecule has 0 unspecified atom stereocenters. The molecule has 0 aliphatic rings. The monoisotopic (exact) mass is 139 g/mol. The van der Waals surface area contributed by atoms with Crippen molar-refractivity contribution in [2.24, 2.45) is 5.41 Å². The van der Waals surface area contributed by atoms with Crippen LogP contribution in [0.1, 0.15) is 40.0 Å². The van der Waals surface area contributed by atoms with Gasteiger partial charge in [-0.15, -0.1) is 0 Å². The zero-order chi connectivity index (χ0) is 8.20. The summed E-state index contributed by atoms with van der Waals surface area (Å²) < 4.78 is 0. The van der Waals surface area contributed by atoms with Crippen molar-refractivity contribution in [1.82, 2.24) is 0 Å². The van der Waals surface area contributed by atoms with Crippen LogP contribution in [0.3, 0.4) is 0 Å². The molecule has 0 bridgehead atoms. The Balaban J connectivity index is 3.92. The molecule has 0 fully saturated rings. The van der Waals surface area contributed by atoms with Gasteiger partial charge in [-0.2, -0.15) is 0 Å². The van der Waals surface area contributed by atoms with Gasteiger partial charge in [0.1, 0.15) is 0 Å². The predicted octanol–water partition coefficient (Wildman–Crippen LogP) is 1.87. The van der Waals surface area contributed by atoms with E-state index >= 15 is 0 Å². The van der Waals surface area contributed by atoms with Crippen LogP contribution in [0.5, 0.6) is 0 Å². The van der Waals surface area contributed by atoms with Gasteiger partial charge in [0.15, 0.2) is 0 Å². The molecule has 1 radical (unpaired) electrons. The summed E-state index contributed by atoms with van der Waals surface area (Å²) in [4.78, 5) is 0. The van der Waals surface area contributed by atoms with Crippen LogP contribution in [0.25, 0.3) is 0 Å². The van der Waals surface area contributed by atoms with Crippen molar-refractivity contribution >= 4 is 13.1 Å². The van der Waals surface area contributed by atoms with Crippen LogP contribution in [-0.4, -0.2) is 18.2 Å². The second-order valence-corrected chi connectivity index (χ2v) is 3.19. The van der Waals surface area contributed by atoms with Crippen molar-refractivity contribution in [1.29, 1.82) is 0 Å². The Morgan fingerprint density at radius 1 is 1.40 bits per heavy atom. The van der Waals surface area contributed by atoms with Crippen molar-refractivity contribution in [2.75, 3.05) is 0 Å². The van der Waals surface area contributed by atoms with Crippen molar-refractivity contribution in [3.63, 3.8) is 0 Å². The van der Waals surface area contributed by atoms with E-state index in [1.807, 2.05) is 0 Å². The van der Waals surface area contributed by atoms with Gasteiger partial charge in [0.05, 0.1) is 0 Å². The molecule has 0 amide bonds. The first-order chi connectivity index (χ1) is 4.54. The van der Waals surface area contributed by atoms with Crippen molar-refractivity contribution in [3.8, 4) is 0 Å². The average Bonchev–Trinajstić information content (AvgIpc) is 1.87. The minimum atomic E-state index is 0.0613. The summed E-state index contributed by atoms with van der Waals surface area (Å²) in [7, 11) is 5.20. The Bertz CT molecular complexity index is 116. The standard InChI is InChI=1S/C8H16BO/c1-4-8(3,5-2)6-7(9)10/h10H,4-6H2,1-3H3. The zero-order valence-corrected chi connectivity index (χ0v) is 7.15. The van der Waals surface area contributed by atoms with E-state index in [4.69, 9.17) is 12.6 Å². The number of rotatable bonds is 4. The summed E-state index contributed by atoms with van der Waals surface area (Å²) in [6.45, 7) is 6.37. The van der Waals surface area contributed by atoms with E-state index in [2.05, 4.69) is 20.8 Å². The molecule has 57 valence electrons. The van der Waals surface area contributed by atoms with E-state index in [9.17, 15) is 0 Å². The molecule has 0 saturated heterocycles. The van der Waals surface area contributed by atoms with Crippen LogP contribution in [0, 0.1) is 5.41 Å². The van der Waals surface area contributed by atoms with Gasteiger partial charge in [0.2, 0.25) is 0 Å². The molecule has 0 aromatic rings. The predicted molar refractivity (Wildman–Crippen MR) is 46.0 cm³/mol. The van der Waals surface area contributed by atoms with E-state index in [1.165, 1.54) is 0 Å². The molecule has 0 heterocycles. The fourth-order valence-electron chi connectivity index (χ4n) is 0.937. The number of aliphatic hydroxyl groups is 1. The molecule has 2 heteroatoms. The molecule has 1 nitrogen and oxygen atoms in total. The Morgan fingerprint density at radius 3 is 1.90 bits per heavy atom. The number of hydrogen-bond acceptors (Lipinski definition) is 1. The summed E-state index contributed by atoms with van der Waals surface area (Å²) in [6.07, 6.45) is 2.75. The van der Waals surface area contributed by atoms with Crippen LogP contribution in [0.15, 0.2) is 0 Å². The van der Waals surface area contributed by atoms with Crippen molar-refractivity contribution < 1.29 is 5.11 Å². The molecule has 0 saturated carbocycles. The summed E-state index contributed by atoms with van der Waals surface area (Å²) in [5, 5.41) is 8.84. The minimum absolute atomic E-state index is 0.0613. The summed E-state index contributed by atoms with van der Waals surface area (Å²) in [5.41, 5.74) is 0.255. The van der Waals surface area contributed by atoms with Crippen molar-refractivity contribution in [2.45, 2.75) is 40.0 Å². The SMILES string of the molecule is [B]=C(O)CC(C)(CC)CC. The van der Waals surface area contributed by atoms with E-state index < -0.39 is 0 Å². The second kappa shape index (κ2) is 3.79. The van der Waals surface area contributed by atoms with Gasteiger partial charge in [0, 0.05) is 0 Å². The number of aliphatic hydroxyl groups excluding tert-OH is 1. The average molecular weight is 139 g/mol. The van der Waals surface area contributed by atoms with Gasteiger partial charge >= 0.3 is 63.7 Å². The van der Waals surface area contributed by atoms with Crippen LogP contribution < -0.4 is 0 Å². The zero-order valence-electron chi connectivity index (χ0n) is 7.15. The fraction of sp³-hybridized carbons (Fsp3) is 0.875. The van der Waals surface area contributed by atoms with Gasteiger partial charge in [-0.3, -0.25) is 0 Å². The molecule has 0 aromatic heterocycles. The van der Waals surface area contributed by atoms with Gasteiger partial charge in [-0.1, -0.05) is 0 Å². The summed E-state index contributed by atoms with van der Waals surface area (Å²) >= 11 is 0. The quantitative estimate of drug-likeness (QED) is 0.589. The summed E-state index contributed by atoms with van der Waals surface area (Å²) in [6, 6.07) is 0.